The van der Waals surface area contributed by atoms with Gasteiger partial charge < -0.3 is 15.4 Å². The molecule has 0 aromatic heterocycles. The van der Waals surface area contributed by atoms with E-state index in [1.807, 2.05) is 25.1 Å². The largest absolute Gasteiger partial charge is 0.364 e. The predicted octanol–water partition coefficient (Wildman–Crippen LogP) is 2.09. The number of hydrogen-bond acceptors (Lipinski definition) is 4. The topological polar surface area (TPSA) is 62.3 Å². The predicted molar refractivity (Wildman–Crippen MR) is 71.6 cm³/mol. The van der Waals surface area contributed by atoms with Gasteiger partial charge in [0.25, 0.3) is 0 Å². The van der Waals surface area contributed by atoms with Crippen LogP contribution in [0.5, 0.6) is 0 Å². The fourth-order valence-corrected chi connectivity index (χ4v) is 2.32. The first kappa shape index (κ1) is 13.2. The van der Waals surface area contributed by atoms with Crippen LogP contribution >= 0.6 is 11.6 Å². The van der Waals surface area contributed by atoms with E-state index in [1.165, 1.54) is 0 Å². The van der Waals surface area contributed by atoms with Crippen molar-refractivity contribution in [2.24, 2.45) is 5.73 Å². The van der Waals surface area contributed by atoms with Crippen LogP contribution in [-0.4, -0.2) is 25.8 Å². The third kappa shape index (κ3) is 2.75. The Bertz CT molecular complexity index is 470. The second-order valence-electron chi connectivity index (χ2n) is 4.43. The summed E-state index contributed by atoms with van der Waals surface area (Å²) in [5.41, 5.74) is 7.76. The third-order valence-electron chi connectivity index (χ3n) is 3.05. The Labute approximate surface area is 112 Å². The molecule has 1 fully saturated rings. The lowest BCUT2D eigenvalue weighted by atomic mass is 10.1. The Balaban J connectivity index is 2.21. The van der Waals surface area contributed by atoms with Crippen LogP contribution in [0.1, 0.15) is 18.5 Å². The first-order valence-electron chi connectivity index (χ1n) is 5.93. The van der Waals surface area contributed by atoms with Crippen LogP contribution in [0.15, 0.2) is 18.2 Å². The maximum Gasteiger partial charge on any atom is 0.161 e. The summed E-state index contributed by atoms with van der Waals surface area (Å²) in [4.78, 5) is 2.07. The van der Waals surface area contributed by atoms with Gasteiger partial charge in [0.2, 0.25) is 0 Å². The molecule has 0 amide bonds. The molecule has 0 aliphatic carbocycles. The summed E-state index contributed by atoms with van der Waals surface area (Å²) < 4.78 is 5.31. The van der Waals surface area contributed by atoms with E-state index in [-0.39, 0.29) is 12.1 Å². The van der Waals surface area contributed by atoms with Gasteiger partial charge in [0, 0.05) is 12.6 Å². The van der Waals surface area contributed by atoms with E-state index in [4.69, 9.17) is 27.3 Å². The summed E-state index contributed by atoms with van der Waals surface area (Å²) in [6, 6.07) is 7.91. The van der Waals surface area contributed by atoms with Crippen LogP contribution in [-0.2, 0) is 4.74 Å². The second kappa shape index (κ2) is 5.57. The molecule has 0 radical (unpaired) electrons. The molecule has 1 unspecified atom stereocenters. The third-order valence-corrected chi connectivity index (χ3v) is 3.35. The molecule has 2 atom stereocenters. The van der Waals surface area contributed by atoms with E-state index >= 15 is 0 Å². The molecule has 2 N–H and O–H groups in total. The number of halogens is 1. The van der Waals surface area contributed by atoms with Crippen LogP contribution in [0.2, 0.25) is 5.02 Å². The second-order valence-corrected chi connectivity index (χ2v) is 4.84. The molecule has 1 aromatic carbocycles. The van der Waals surface area contributed by atoms with Crippen LogP contribution in [0.25, 0.3) is 0 Å². The number of benzene rings is 1. The first-order chi connectivity index (χ1) is 8.61. The summed E-state index contributed by atoms with van der Waals surface area (Å²) in [6.07, 6.45) is -0.386. The number of anilines is 1. The van der Waals surface area contributed by atoms with Crippen molar-refractivity contribution in [3.8, 4) is 6.07 Å². The zero-order valence-corrected chi connectivity index (χ0v) is 11.0. The molecule has 0 saturated carbocycles. The van der Waals surface area contributed by atoms with Crippen LogP contribution in [0.3, 0.4) is 0 Å². The van der Waals surface area contributed by atoms with Crippen molar-refractivity contribution in [2.45, 2.75) is 19.1 Å². The normalized spacial score (nSPS) is 21.4. The SMILES string of the molecule is C[C@@H](N)c1ccc(N2CCOC(C#N)C2)c(Cl)c1. The Kier molecular flexibility index (Phi) is 4.07. The number of ether oxygens (including phenoxy) is 1. The number of nitrogens with two attached hydrogens (primary N) is 1. The summed E-state index contributed by atoms with van der Waals surface area (Å²) in [7, 11) is 0. The molecule has 0 spiro atoms. The molecule has 18 heavy (non-hydrogen) atoms. The highest BCUT2D eigenvalue weighted by Gasteiger charge is 2.21. The lowest BCUT2D eigenvalue weighted by Crippen LogP contribution is -2.42. The van der Waals surface area contributed by atoms with Gasteiger partial charge in [-0.3, -0.25) is 0 Å². The quantitative estimate of drug-likeness (QED) is 0.889. The minimum atomic E-state index is -0.386. The van der Waals surface area contributed by atoms with Crippen molar-refractivity contribution in [3.63, 3.8) is 0 Å². The molecule has 0 bridgehead atoms. The lowest BCUT2D eigenvalue weighted by molar-refractivity contribution is 0.0764. The van der Waals surface area contributed by atoms with Crippen molar-refractivity contribution in [1.82, 2.24) is 0 Å². The van der Waals surface area contributed by atoms with Crippen molar-refractivity contribution in [2.75, 3.05) is 24.6 Å². The minimum Gasteiger partial charge on any atom is -0.364 e. The highest BCUT2D eigenvalue weighted by Crippen LogP contribution is 2.29. The average molecular weight is 266 g/mol. The van der Waals surface area contributed by atoms with Crippen molar-refractivity contribution < 1.29 is 4.74 Å². The number of nitriles is 1. The molecular formula is C13H16ClN3O. The molecule has 1 saturated heterocycles. The highest BCUT2D eigenvalue weighted by atomic mass is 35.5. The Hall–Kier alpha value is -1.28. The molecule has 4 nitrogen and oxygen atoms in total. The molecule has 1 heterocycles. The first-order valence-corrected chi connectivity index (χ1v) is 6.31. The summed E-state index contributed by atoms with van der Waals surface area (Å²) in [5.74, 6) is 0. The zero-order chi connectivity index (χ0) is 13.1. The zero-order valence-electron chi connectivity index (χ0n) is 10.3. The van der Waals surface area contributed by atoms with Gasteiger partial charge in [-0.25, -0.2) is 0 Å². The van der Waals surface area contributed by atoms with Gasteiger partial charge in [0.1, 0.15) is 0 Å². The molecule has 5 heteroatoms. The number of nitrogens with zero attached hydrogens (tertiary/aromatic N) is 2. The smallest absolute Gasteiger partial charge is 0.161 e. The molecule has 1 aliphatic heterocycles. The van der Waals surface area contributed by atoms with Crippen molar-refractivity contribution in [3.05, 3.63) is 28.8 Å². The maximum atomic E-state index is 8.89. The number of hydrogen-bond donors (Lipinski definition) is 1. The van der Waals surface area contributed by atoms with E-state index in [9.17, 15) is 0 Å². The Morgan fingerprint density at radius 2 is 2.39 bits per heavy atom. The summed E-state index contributed by atoms with van der Waals surface area (Å²) in [5, 5.41) is 9.56. The van der Waals surface area contributed by atoms with E-state index in [2.05, 4.69) is 11.0 Å². The highest BCUT2D eigenvalue weighted by molar-refractivity contribution is 6.33. The van der Waals surface area contributed by atoms with Crippen LogP contribution in [0, 0.1) is 11.3 Å². The summed E-state index contributed by atoms with van der Waals surface area (Å²) >= 11 is 6.28. The van der Waals surface area contributed by atoms with E-state index in [0.29, 0.717) is 18.2 Å². The minimum absolute atomic E-state index is 0.0342. The van der Waals surface area contributed by atoms with Crippen molar-refractivity contribution in [1.29, 1.82) is 5.26 Å². The van der Waals surface area contributed by atoms with Gasteiger partial charge >= 0.3 is 0 Å². The van der Waals surface area contributed by atoms with Crippen LogP contribution in [0.4, 0.5) is 5.69 Å². The molecular weight excluding hydrogens is 250 g/mol. The van der Waals surface area contributed by atoms with Crippen LogP contribution < -0.4 is 10.6 Å². The van der Waals surface area contributed by atoms with Crippen molar-refractivity contribution >= 4 is 17.3 Å². The maximum absolute atomic E-state index is 8.89. The fourth-order valence-electron chi connectivity index (χ4n) is 2.01. The van der Waals surface area contributed by atoms with Gasteiger partial charge in [-0.05, 0) is 24.6 Å². The summed E-state index contributed by atoms with van der Waals surface area (Å²) in [6.45, 7) is 3.76. The number of morpholine rings is 1. The molecule has 96 valence electrons. The lowest BCUT2D eigenvalue weighted by Gasteiger charge is -2.32. The Morgan fingerprint density at radius 3 is 3.00 bits per heavy atom. The van der Waals surface area contributed by atoms with Gasteiger partial charge in [0.15, 0.2) is 6.10 Å². The van der Waals surface area contributed by atoms with E-state index < -0.39 is 0 Å². The van der Waals surface area contributed by atoms with Gasteiger partial charge in [-0.15, -0.1) is 0 Å². The van der Waals surface area contributed by atoms with E-state index in [0.717, 1.165) is 17.8 Å². The fraction of sp³-hybridized carbons (Fsp3) is 0.462. The van der Waals surface area contributed by atoms with E-state index in [1.54, 1.807) is 0 Å². The monoisotopic (exact) mass is 265 g/mol. The average Bonchev–Trinajstić information content (AvgIpc) is 2.38. The van der Waals surface area contributed by atoms with Gasteiger partial charge in [-0.1, -0.05) is 17.7 Å². The standard InChI is InChI=1S/C13H16ClN3O/c1-9(16)10-2-3-13(12(14)6-10)17-4-5-18-11(7-15)8-17/h2-3,6,9,11H,4-5,8,16H2,1H3/t9-,11?/m1/s1. The molecule has 2 rings (SSSR count). The van der Waals surface area contributed by atoms with Gasteiger partial charge in [-0.2, -0.15) is 5.26 Å². The number of rotatable bonds is 2. The molecule has 1 aromatic rings. The molecule has 1 aliphatic rings. The Morgan fingerprint density at radius 1 is 1.61 bits per heavy atom. The van der Waals surface area contributed by atoms with Gasteiger partial charge in [0.05, 0.1) is 29.9 Å².